The van der Waals surface area contributed by atoms with Crippen LogP contribution in [0, 0.1) is 30.0 Å². The van der Waals surface area contributed by atoms with Crippen molar-refractivity contribution in [2.24, 2.45) is 10.9 Å². The number of benzene rings is 2. The number of rotatable bonds is 7. The Morgan fingerprint density at radius 3 is 2.86 bits per heavy atom. The lowest BCUT2D eigenvalue weighted by atomic mass is 9.86. The highest BCUT2D eigenvalue weighted by atomic mass is 32.1. The van der Waals surface area contributed by atoms with Crippen molar-refractivity contribution in [1.82, 2.24) is 21.1 Å². The minimum atomic E-state index is -0.539. The fourth-order valence-corrected chi connectivity index (χ4v) is 7.16. The van der Waals surface area contributed by atoms with E-state index in [1.54, 1.807) is 12.3 Å². The predicted molar refractivity (Wildman–Crippen MR) is 173 cm³/mol. The Balaban J connectivity index is 1.55. The number of hydrazine groups is 1. The largest absolute Gasteiger partial charge is 0.507 e. The fraction of sp³-hybridized carbons (Fsp3) is 0.333. The van der Waals surface area contributed by atoms with Crippen molar-refractivity contribution in [2.45, 2.75) is 46.8 Å². The number of likely N-dealkylation sites (tertiary alicyclic amines) is 1. The molecular weight excluding hydrogens is 577 g/mol. The predicted octanol–water partition coefficient (Wildman–Crippen LogP) is 5.64. The van der Waals surface area contributed by atoms with Crippen molar-refractivity contribution in [3.8, 4) is 22.9 Å². The molecule has 9 nitrogen and oxygen atoms in total. The number of fused-ring (bicyclic) bond motifs is 2. The Labute approximate surface area is 260 Å². The number of aliphatic imine (C=N–C) groups is 1. The maximum atomic E-state index is 15.8. The molecule has 6 rings (SSSR count). The van der Waals surface area contributed by atoms with E-state index in [2.05, 4.69) is 47.1 Å². The second kappa shape index (κ2) is 12.2. The van der Waals surface area contributed by atoms with Crippen molar-refractivity contribution in [3.05, 3.63) is 81.7 Å². The number of thiophene rings is 1. The van der Waals surface area contributed by atoms with Crippen LogP contribution in [0.2, 0.25) is 0 Å². The Morgan fingerprint density at radius 1 is 1.34 bits per heavy atom. The SMILES string of the molecule is CC/C=C(/NC(=NCC1=CC=CNN1)c1c(C)c(O)c(-c2c(F)ccc3sc(N)c(C#N)c23)c2c1COC2)N1CCC(C)C1. The third-order valence-corrected chi connectivity index (χ3v) is 9.37. The maximum absolute atomic E-state index is 15.8. The van der Waals surface area contributed by atoms with Gasteiger partial charge in [-0.25, -0.2) is 4.39 Å². The number of aromatic hydroxyl groups is 1. The van der Waals surface area contributed by atoms with Gasteiger partial charge in [0.15, 0.2) is 0 Å². The molecule has 1 atom stereocenters. The number of phenols is 1. The van der Waals surface area contributed by atoms with Crippen molar-refractivity contribution < 1.29 is 14.2 Å². The van der Waals surface area contributed by atoms with E-state index in [1.165, 1.54) is 17.4 Å². The molecule has 3 aromatic rings. The van der Waals surface area contributed by atoms with Crippen LogP contribution in [-0.4, -0.2) is 35.5 Å². The number of phenolic OH excluding ortho intramolecular Hbond substituents is 1. The molecule has 228 valence electrons. The van der Waals surface area contributed by atoms with Gasteiger partial charge in [0.2, 0.25) is 0 Å². The van der Waals surface area contributed by atoms with Crippen molar-refractivity contribution in [3.63, 3.8) is 0 Å². The number of hydrogen-bond acceptors (Lipinski definition) is 9. The summed E-state index contributed by atoms with van der Waals surface area (Å²) in [7, 11) is 0. The van der Waals surface area contributed by atoms with E-state index in [0.717, 1.165) is 48.6 Å². The van der Waals surface area contributed by atoms with E-state index < -0.39 is 5.82 Å². The van der Waals surface area contributed by atoms with Crippen LogP contribution in [-0.2, 0) is 18.0 Å². The summed E-state index contributed by atoms with van der Waals surface area (Å²) >= 11 is 1.23. The molecule has 0 bridgehead atoms. The number of anilines is 1. The average Bonchev–Trinajstić information content (AvgIpc) is 3.75. The lowest BCUT2D eigenvalue weighted by molar-refractivity contribution is 0.134. The molecule has 3 aliphatic rings. The van der Waals surface area contributed by atoms with Gasteiger partial charge in [-0.15, -0.1) is 11.3 Å². The highest BCUT2D eigenvalue weighted by Gasteiger charge is 2.32. The first-order valence-corrected chi connectivity index (χ1v) is 15.6. The van der Waals surface area contributed by atoms with Crippen LogP contribution in [0.3, 0.4) is 0 Å². The minimum Gasteiger partial charge on any atom is -0.507 e. The van der Waals surface area contributed by atoms with Gasteiger partial charge in [-0.05, 0) is 67.2 Å². The van der Waals surface area contributed by atoms with E-state index in [-0.39, 0.29) is 30.1 Å². The van der Waals surface area contributed by atoms with Crippen molar-refractivity contribution in [1.29, 1.82) is 5.26 Å². The molecule has 6 N–H and O–H groups in total. The molecular formula is C33H36FN7O2S. The Hall–Kier alpha value is -4.53. The number of amidine groups is 1. The van der Waals surface area contributed by atoms with Crippen LogP contribution >= 0.6 is 11.3 Å². The maximum Gasteiger partial charge on any atom is 0.135 e. The third kappa shape index (κ3) is 5.25. The van der Waals surface area contributed by atoms with Crippen LogP contribution < -0.4 is 21.9 Å². The van der Waals surface area contributed by atoms with Gasteiger partial charge in [-0.2, -0.15) is 5.26 Å². The molecule has 0 amide bonds. The zero-order valence-corrected chi connectivity index (χ0v) is 25.9. The number of hydrogen-bond donors (Lipinski definition) is 5. The number of nitrogens with two attached hydrogens (primary N) is 1. The summed E-state index contributed by atoms with van der Waals surface area (Å²) in [6.45, 7) is 8.85. The van der Waals surface area contributed by atoms with Crippen molar-refractivity contribution in [2.75, 3.05) is 25.4 Å². The molecule has 3 aliphatic heterocycles. The first kappa shape index (κ1) is 29.5. The molecule has 11 heteroatoms. The van der Waals surface area contributed by atoms with Gasteiger partial charge in [0, 0.05) is 51.6 Å². The van der Waals surface area contributed by atoms with Crippen LogP contribution in [0.25, 0.3) is 21.2 Å². The van der Waals surface area contributed by atoms with Crippen molar-refractivity contribution >= 4 is 32.3 Å². The lowest BCUT2D eigenvalue weighted by Crippen LogP contribution is -2.36. The number of allylic oxidation sites excluding steroid dienone is 3. The molecule has 1 saturated heterocycles. The molecule has 4 heterocycles. The van der Waals surface area contributed by atoms with Crippen LogP contribution in [0.4, 0.5) is 9.39 Å². The monoisotopic (exact) mass is 613 g/mol. The highest BCUT2D eigenvalue weighted by molar-refractivity contribution is 7.23. The summed E-state index contributed by atoms with van der Waals surface area (Å²) in [5.74, 6) is 1.53. The number of halogens is 1. The van der Waals surface area contributed by atoms with Gasteiger partial charge in [0.1, 0.15) is 34.3 Å². The molecule has 1 aromatic heterocycles. The topological polar surface area (TPSA) is 131 Å². The smallest absolute Gasteiger partial charge is 0.135 e. The summed E-state index contributed by atoms with van der Waals surface area (Å²) < 4.78 is 22.4. The minimum absolute atomic E-state index is 0.0748. The number of nitrogens with zero attached hydrogens (tertiary/aromatic N) is 3. The summed E-state index contributed by atoms with van der Waals surface area (Å²) in [5, 5.41) is 26.2. The average molecular weight is 614 g/mol. The van der Waals surface area contributed by atoms with Crippen LogP contribution in [0.1, 0.15) is 54.5 Å². The summed E-state index contributed by atoms with van der Waals surface area (Å²) in [4.78, 5) is 7.39. The van der Waals surface area contributed by atoms with E-state index in [1.807, 2.05) is 19.1 Å². The Bertz CT molecular complexity index is 1800. The third-order valence-electron chi connectivity index (χ3n) is 8.38. The van der Waals surface area contributed by atoms with E-state index in [9.17, 15) is 10.4 Å². The number of nitrogen functional groups attached to an aromatic ring is 1. The Morgan fingerprint density at radius 2 is 2.16 bits per heavy atom. The van der Waals surface area contributed by atoms with E-state index in [4.69, 9.17) is 15.5 Å². The second-order valence-electron chi connectivity index (χ2n) is 11.4. The summed E-state index contributed by atoms with van der Waals surface area (Å²) in [5.41, 5.74) is 16.6. The summed E-state index contributed by atoms with van der Waals surface area (Å²) in [6.07, 6.45) is 9.76. The van der Waals surface area contributed by atoms with E-state index >= 15 is 4.39 Å². The number of nitriles is 1. The Kier molecular flexibility index (Phi) is 8.21. The van der Waals surface area contributed by atoms with Gasteiger partial charge >= 0.3 is 0 Å². The fourth-order valence-electron chi connectivity index (χ4n) is 6.23. The number of ether oxygens (including phenoxy) is 1. The molecule has 0 radical (unpaired) electrons. The molecule has 0 spiro atoms. The molecule has 1 unspecified atom stereocenters. The first-order chi connectivity index (χ1) is 21.3. The first-order valence-electron chi connectivity index (χ1n) is 14.8. The van der Waals surface area contributed by atoms with Gasteiger partial charge < -0.3 is 36.6 Å². The van der Waals surface area contributed by atoms with Gasteiger partial charge in [-0.3, -0.25) is 4.99 Å². The zero-order chi connectivity index (χ0) is 31.0. The summed E-state index contributed by atoms with van der Waals surface area (Å²) in [6, 6.07) is 5.13. The van der Waals surface area contributed by atoms with Gasteiger partial charge in [0.25, 0.3) is 0 Å². The number of nitrogens with one attached hydrogen (secondary N) is 3. The molecule has 1 fully saturated rings. The van der Waals surface area contributed by atoms with Crippen LogP contribution in [0.15, 0.2) is 53.1 Å². The lowest BCUT2D eigenvalue weighted by Gasteiger charge is -2.27. The van der Waals surface area contributed by atoms with Crippen LogP contribution in [0.5, 0.6) is 5.75 Å². The molecule has 0 saturated carbocycles. The highest BCUT2D eigenvalue weighted by Crippen LogP contribution is 2.49. The second-order valence-corrected chi connectivity index (χ2v) is 12.5. The molecule has 0 aliphatic carbocycles. The van der Waals surface area contributed by atoms with Gasteiger partial charge in [0.05, 0.1) is 31.0 Å². The zero-order valence-electron chi connectivity index (χ0n) is 25.1. The normalized spacial score (nSPS) is 18.2. The standard InChI is InChI=1S/C33H36FN7O2S/c1-4-6-26(41-12-10-18(2)15-41)39-33(37-14-20-7-5-11-38-40-20)27-19(3)31(42)29(23-17-43-16-22(23)27)30-24(34)8-9-25-28(30)21(13-35)32(36)44-25/h5-9,11,18,38,40,42H,4,10,12,14-17,36H2,1-3H3,(H,37,39)/b26-6-. The molecule has 2 aromatic carbocycles. The van der Waals surface area contributed by atoms with Gasteiger partial charge in [-0.1, -0.05) is 13.8 Å². The van der Waals surface area contributed by atoms with E-state index in [0.29, 0.717) is 50.1 Å². The molecule has 44 heavy (non-hydrogen) atoms. The quantitative estimate of drug-likeness (QED) is 0.171.